The summed E-state index contributed by atoms with van der Waals surface area (Å²) in [5, 5.41) is 3.79. The van der Waals surface area contributed by atoms with Crippen LogP contribution in [0.5, 0.6) is 0 Å². The van der Waals surface area contributed by atoms with Crippen LogP contribution in [-0.2, 0) is 4.74 Å². The van der Waals surface area contributed by atoms with Crippen molar-refractivity contribution in [3.8, 4) is 11.4 Å². The van der Waals surface area contributed by atoms with Crippen LogP contribution >= 0.6 is 0 Å². The molecule has 1 aromatic heterocycles. The summed E-state index contributed by atoms with van der Waals surface area (Å²) in [5.74, 6) is 0.690. The number of hydrogen-bond donors (Lipinski definition) is 0. The molecule has 0 bridgehead atoms. The van der Waals surface area contributed by atoms with E-state index in [0.29, 0.717) is 23.9 Å². The lowest BCUT2D eigenvalue weighted by Crippen LogP contribution is -2.04. The lowest BCUT2D eigenvalue weighted by atomic mass is 10.1. The number of benzene rings is 1. The van der Waals surface area contributed by atoms with Crippen LogP contribution in [0.2, 0.25) is 0 Å². The summed E-state index contributed by atoms with van der Waals surface area (Å²) in [6.07, 6.45) is 0. The van der Waals surface area contributed by atoms with Crippen molar-refractivity contribution < 1.29 is 14.1 Å². The first-order valence-electron chi connectivity index (χ1n) is 5.28. The molecule has 0 amide bonds. The van der Waals surface area contributed by atoms with Gasteiger partial charge in [-0.25, -0.2) is 4.79 Å². The van der Waals surface area contributed by atoms with Gasteiger partial charge in [-0.3, -0.25) is 0 Å². The maximum absolute atomic E-state index is 11.4. The van der Waals surface area contributed by atoms with Crippen LogP contribution in [0.25, 0.3) is 11.4 Å². The predicted octanol–water partition coefficient (Wildman–Crippen LogP) is 2.22. The molecule has 2 rings (SSSR count). The lowest BCUT2D eigenvalue weighted by molar-refractivity contribution is 0.0526. The average Bonchev–Trinajstić information content (AvgIpc) is 2.76. The molecule has 0 saturated carbocycles. The largest absolute Gasteiger partial charge is 0.462 e. The van der Waals surface area contributed by atoms with Gasteiger partial charge in [0.15, 0.2) is 0 Å². The smallest absolute Gasteiger partial charge is 0.338 e. The lowest BCUT2D eigenvalue weighted by Gasteiger charge is -2.01. The van der Waals surface area contributed by atoms with Crippen LogP contribution in [0.1, 0.15) is 23.2 Å². The quantitative estimate of drug-likeness (QED) is 0.759. The van der Waals surface area contributed by atoms with Crippen LogP contribution < -0.4 is 0 Å². The van der Waals surface area contributed by atoms with E-state index < -0.39 is 0 Å². The topological polar surface area (TPSA) is 65.2 Å². The molecule has 0 spiro atoms. The van der Waals surface area contributed by atoms with E-state index >= 15 is 0 Å². The first-order valence-corrected chi connectivity index (χ1v) is 5.28. The van der Waals surface area contributed by atoms with Crippen LogP contribution in [0.15, 0.2) is 28.8 Å². The Kier molecular flexibility index (Phi) is 3.18. The number of carbonyl (C=O) groups is 1. The third-order valence-electron chi connectivity index (χ3n) is 2.18. The Bertz CT molecular complexity index is 517. The number of carbonyl (C=O) groups excluding carboxylic acids is 1. The predicted molar refractivity (Wildman–Crippen MR) is 60.4 cm³/mol. The second-order valence-corrected chi connectivity index (χ2v) is 3.43. The third kappa shape index (κ3) is 2.50. The molecule has 5 nitrogen and oxygen atoms in total. The molecule has 88 valence electrons. The van der Waals surface area contributed by atoms with Gasteiger partial charge in [0.25, 0.3) is 0 Å². The Morgan fingerprint density at radius 2 is 2.06 bits per heavy atom. The van der Waals surface area contributed by atoms with Crippen molar-refractivity contribution in [1.82, 2.24) is 10.1 Å². The van der Waals surface area contributed by atoms with Gasteiger partial charge < -0.3 is 9.26 Å². The van der Waals surface area contributed by atoms with E-state index in [9.17, 15) is 4.79 Å². The first-order chi connectivity index (χ1) is 8.20. The van der Waals surface area contributed by atoms with Crippen molar-refractivity contribution in [3.05, 3.63) is 35.7 Å². The number of hydrogen-bond acceptors (Lipinski definition) is 5. The highest BCUT2D eigenvalue weighted by atomic mass is 16.5. The van der Waals surface area contributed by atoms with Gasteiger partial charge in [-0.2, -0.15) is 4.98 Å². The highest BCUT2D eigenvalue weighted by molar-refractivity contribution is 5.89. The number of rotatable bonds is 3. The molecule has 2 aromatic rings. The van der Waals surface area contributed by atoms with Crippen molar-refractivity contribution in [2.45, 2.75) is 13.8 Å². The second kappa shape index (κ2) is 4.78. The fraction of sp³-hybridized carbons (Fsp3) is 0.250. The minimum absolute atomic E-state index is 0.330. The summed E-state index contributed by atoms with van der Waals surface area (Å²) in [4.78, 5) is 15.5. The van der Waals surface area contributed by atoms with E-state index in [-0.39, 0.29) is 5.97 Å². The average molecular weight is 232 g/mol. The van der Waals surface area contributed by atoms with Gasteiger partial charge in [0, 0.05) is 12.5 Å². The molecule has 0 fully saturated rings. The second-order valence-electron chi connectivity index (χ2n) is 3.43. The molecule has 0 radical (unpaired) electrons. The zero-order valence-electron chi connectivity index (χ0n) is 9.64. The molecule has 1 aromatic carbocycles. The molecule has 0 aliphatic carbocycles. The molecule has 0 N–H and O–H groups in total. The maximum Gasteiger partial charge on any atom is 0.338 e. The SMILES string of the molecule is CCOC(=O)c1ccc(-c2noc(C)n2)cc1. The Morgan fingerprint density at radius 3 is 2.59 bits per heavy atom. The summed E-state index contributed by atoms with van der Waals surface area (Å²) >= 11 is 0. The van der Waals surface area contributed by atoms with Gasteiger partial charge in [0.2, 0.25) is 11.7 Å². The highest BCUT2D eigenvalue weighted by Crippen LogP contribution is 2.16. The number of aryl methyl sites for hydroxylation is 1. The Hall–Kier alpha value is -2.17. The van der Waals surface area contributed by atoms with Crippen LogP contribution in [-0.4, -0.2) is 22.7 Å². The Labute approximate surface area is 98.4 Å². The van der Waals surface area contributed by atoms with Gasteiger partial charge in [-0.05, 0) is 19.1 Å². The van der Waals surface area contributed by atoms with Crippen molar-refractivity contribution >= 4 is 5.97 Å². The molecular weight excluding hydrogens is 220 g/mol. The van der Waals surface area contributed by atoms with Gasteiger partial charge in [-0.1, -0.05) is 17.3 Å². The van der Waals surface area contributed by atoms with Crippen molar-refractivity contribution in [1.29, 1.82) is 0 Å². The summed E-state index contributed by atoms with van der Waals surface area (Å²) in [6.45, 7) is 3.86. The molecule has 0 saturated heterocycles. The Morgan fingerprint density at radius 1 is 1.35 bits per heavy atom. The third-order valence-corrected chi connectivity index (χ3v) is 2.18. The summed E-state index contributed by atoms with van der Waals surface area (Å²) in [5.41, 5.74) is 1.31. The molecule has 1 heterocycles. The van der Waals surface area contributed by atoms with E-state index in [1.165, 1.54) is 0 Å². The molecule has 0 atom stereocenters. The van der Waals surface area contributed by atoms with E-state index in [0.717, 1.165) is 5.56 Å². The van der Waals surface area contributed by atoms with Gasteiger partial charge in [0.05, 0.1) is 12.2 Å². The number of nitrogens with zero attached hydrogens (tertiary/aromatic N) is 2. The summed E-state index contributed by atoms with van der Waals surface area (Å²) < 4.78 is 9.77. The highest BCUT2D eigenvalue weighted by Gasteiger charge is 2.09. The minimum Gasteiger partial charge on any atom is -0.462 e. The molecule has 5 heteroatoms. The summed E-state index contributed by atoms with van der Waals surface area (Å²) in [7, 11) is 0. The minimum atomic E-state index is -0.330. The van der Waals surface area contributed by atoms with Crippen molar-refractivity contribution in [2.24, 2.45) is 0 Å². The molecular formula is C12H12N2O3. The molecule has 0 aliphatic heterocycles. The van der Waals surface area contributed by atoms with Crippen molar-refractivity contribution in [2.75, 3.05) is 6.61 Å². The normalized spacial score (nSPS) is 10.2. The van der Waals surface area contributed by atoms with E-state index in [2.05, 4.69) is 10.1 Å². The zero-order chi connectivity index (χ0) is 12.3. The van der Waals surface area contributed by atoms with E-state index in [4.69, 9.17) is 9.26 Å². The van der Waals surface area contributed by atoms with Crippen LogP contribution in [0.4, 0.5) is 0 Å². The van der Waals surface area contributed by atoms with Gasteiger partial charge in [0.1, 0.15) is 0 Å². The number of esters is 1. The summed E-state index contributed by atoms with van der Waals surface area (Å²) in [6, 6.07) is 6.88. The fourth-order valence-corrected chi connectivity index (χ4v) is 1.39. The first kappa shape index (κ1) is 11.3. The van der Waals surface area contributed by atoms with E-state index in [1.54, 1.807) is 38.1 Å². The van der Waals surface area contributed by atoms with Gasteiger partial charge >= 0.3 is 5.97 Å². The van der Waals surface area contributed by atoms with Crippen LogP contribution in [0, 0.1) is 6.92 Å². The molecule has 0 aliphatic rings. The number of aromatic nitrogens is 2. The van der Waals surface area contributed by atoms with E-state index in [1.807, 2.05) is 0 Å². The van der Waals surface area contributed by atoms with Crippen LogP contribution in [0.3, 0.4) is 0 Å². The number of ether oxygens (including phenoxy) is 1. The zero-order valence-corrected chi connectivity index (χ0v) is 9.64. The van der Waals surface area contributed by atoms with Gasteiger partial charge in [-0.15, -0.1) is 0 Å². The standard InChI is InChI=1S/C12H12N2O3/c1-3-16-12(15)10-6-4-9(5-7-10)11-13-8(2)17-14-11/h4-7H,3H2,1-2H3. The fourth-order valence-electron chi connectivity index (χ4n) is 1.39. The monoisotopic (exact) mass is 232 g/mol. The van der Waals surface area contributed by atoms with Crippen molar-refractivity contribution in [3.63, 3.8) is 0 Å². The maximum atomic E-state index is 11.4. The molecule has 0 unspecified atom stereocenters. The Balaban J connectivity index is 2.21. The molecule has 17 heavy (non-hydrogen) atoms.